The first-order valence-corrected chi connectivity index (χ1v) is 9.64. The predicted octanol–water partition coefficient (Wildman–Crippen LogP) is 3.54. The average molecular weight is 393 g/mol. The molecule has 0 aromatic carbocycles. The molecule has 1 unspecified atom stereocenters. The van der Waals surface area contributed by atoms with Crippen LogP contribution < -0.4 is 5.32 Å². The first-order valence-electron chi connectivity index (χ1n) is 9.64. The van der Waals surface area contributed by atoms with E-state index in [2.05, 4.69) is 43.2 Å². The molecule has 2 aromatic rings. The molecular weight excluding hydrogens is 364 g/mol. The molecule has 148 valence electrons. The van der Waals surface area contributed by atoms with Gasteiger partial charge in [-0.25, -0.2) is 4.98 Å². The van der Waals surface area contributed by atoms with Gasteiger partial charge in [-0.05, 0) is 37.7 Å². The lowest BCUT2D eigenvalue weighted by Crippen LogP contribution is -2.51. The Balaban J connectivity index is 0.00000210. The third-order valence-electron chi connectivity index (χ3n) is 5.12. The lowest BCUT2D eigenvalue weighted by atomic mass is 9.89. The topological polar surface area (TPSA) is 71.3 Å². The summed E-state index contributed by atoms with van der Waals surface area (Å²) in [5.74, 6) is 0.537. The van der Waals surface area contributed by atoms with Crippen molar-refractivity contribution in [2.75, 3.05) is 19.6 Å². The Labute approximate surface area is 166 Å². The van der Waals surface area contributed by atoms with Crippen molar-refractivity contribution in [3.05, 3.63) is 23.0 Å². The molecule has 27 heavy (non-hydrogen) atoms. The maximum absolute atomic E-state index is 13.4. The summed E-state index contributed by atoms with van der Waals surface area (Å²) in [4.78, 5) is 20.0. The molecule has 0 bridgehead atoms. The van der Waals surface area contributed by atoms with Crippen LogP contribution in [0.2, 0.25) is 0 Å². The first kappa shape index (κ1) is 20.1. The fourth-order valence-electron chi connectivity index (χ4n) is 3.70. The normalized spacial score (nSPS) is 20.6. The largest absolute Gasteiger partial charge is 0.336 e. The Hall–Kier alpha value is -1.66. The van der Waals surface area contributed by atoms with Crippen molar-refractivity contribution in [2.24, 2.45) is 5.41 Å². The molecule has 1 saturated heterocycles. The van der Waals surface area contributed by atoms with Crippen LogP contribution >= 0.6 is 12.4 Å². The molecule has 1 amide bonds. The fourth-order valence-corrected chi connectivity index (χ4v) is 3.70. The smallest absolute Gasteiger partial charge is 0.259 e. The molecule has 2 aliphatic rings. The van der Waals surface area contributed by atoms with Gasteiger partial charge in [0, 0.05) is 37.3 Å². The molecule has 4 rings (SSSR count). The highest BCUT2D eigenvalue weighted by Crippen LogP contribution is 2.41. The maximum Gasteiger partial charge on any atom is 0.259 e. The van der Waals surface area contributed by atoms with Gasteiger partial charge >= 0.3 is 0 Å². The number of hydrogen-bond donors (Lipinski definition) is 1. The van der Waals surface area contributed by atoms with E-state index >= 15 is 0 Å². The molecule has 2 aromatic heterocycles. The second-order valence-corrected chi connectivity index (χ2v) is 9.02. The van der Waals surface area contributed by atoms with Gasteiger partial charge in [0.1, 0.15) is 0 Å². The summed E-state index contributed by atoms with van der Waals surface area (Å²) < 4.78 is 5.57. The van der Waals surface area contributed by atoms with Crippen molar-refractivity contribution in [3.63, 3.8) is 0 Å². The van der Waals surface area contributed by atoms with E-state index in [4.69, 9.17) is 4.52 Å². The quantitative estimate of drug-likeness (QED) is 0.864. The van der Waals surface area contributed by atoms with Gasteiger partial charge in [-0.15, -0.1) is 12.4 Å². The number of amides is 1. The molecule has 0 radical (unpaired) electrons. The second-order valence-electron chi connectivity index (χ2n) is 9.02. The number of pyridine rings is 1. The van der Waals surface area contributed by atoms with E-state index in [-0.39, 0.29) is 23.7 Å². The van der Waals surface area contributed by atoms with Crippen LogP contribution in [0.1, 0.15) is 68.2 Å². The summed E-state index contributed by atoms with van der Waals surface area (Å²) in [6.07, 6.45) is 3.03. The monoisotopic (exact) mass is 392 g/mol. The summed E-state index contributed by atoms with van der Waals surface area (Å²) >= 11 is 0. The SMILES string of the molecule is CC1CN(C(=O)c2cc(C3CC3)nc3onc(CC(C)(C)C)c23)CCN1.Cl. The number of rotatable bonds is 3. The first-order chi connectivity index (χ1) is 12.3. The third-order valence-corrected chi connectivity index (χ3v) is 5.12. The lowest BCUT2D eigenvalue weighted by Gasteiger charge is -2.32. The standard InChI is InChI=1S/C20H28N4O2.ClH/c1-12-11-24(8-7-21-12)19(25)14-9-15(13-5-6-13)22-18-17(14)16(23-26-18)10-20(2,3)4;/h9,12-13,21H,5-8,10-11H2,1-4H3;1H. The summed E-state index contributed by atoms with van der Waals surface area (Å²) in [6, 6.07) is 2.31. The number of carbonyl (C=O) groups excluding carboxylic acids is 1. The van der Waals surface area contributed by atoms with Crippen LogP contribution in [-0.4, -0.2) is 46.6 Å². The zero-order valence-electron chi connectivity index (χ0n) is 16.5. The van der Waals surface area contributed by atoms with Crippen molar-refractivity contribution in [2.45, 2.75) is 58.9 Å². The highest BCUT2D eigenvalue weighted by atomic mass is 35.5. The van der Waals surface area contributed by atoms with Gasteiger partial charge < -0.3 is 14.7 Å². The second kappa shape index (κ2) is 7.40. The molecule has 1 aliphatic heterocycles. The van der Waals surface area contributed by atoms with E-state index in [9.17, 15) is 4.79 Å². The van der Waals surface area contributed by atoms with Crippen LogP contribution in [0.3, 0.4) is 0 Å². The van der Waals surface area contributed by atoms with Gasteiger partial charge in [0.15, 0.2) is 0 Å². The summed E-state index contributed by atoms with van der Waals surface area (Å²) in [7, 11) is 0. The van der Waals surface area contributed by atoms with Gasteiger partial charge in [0.25, 0.3) is 11.6 Å². The van der Waals surface area contributed by atoms with Crippen LogP contribution in [0.5, 0.6) is 0 Å². The molecular formula is C20H29ClN4O2. The van der Waals surface area contributed by atoms with E-state index in [1.54, 1.807) is 0 Å². The Kier molecular flexibility index (Phi) is 5.50. The molecule has 1 aliphatic carbocycles. The van der Waals surface area contributed by atoms with Crippen molar-refractivity contribution in [1.82, 2.24) is 20.4 Å². The number of carbonyl (C=O) groups is 1. The van der Waals surface area contributed by atoms with E-state index in [0.717, 1.165) is 55.7 Å². The minimum Gasteiger partial charge on any atom is -0.336 e. The van der Waals surface area contributed by atoms with E-state index in [0.29, 0.717) is 23.2 Å². The van der Waals surface area contributed by atoms with Gasteiger partial charge in [0.05, 0.1) is 16.6 Å². The van der Waals surface area contributed by atoms with Crippen LogP contribution in [0.4, 0.5) is 0 Å². The summed E-state index contributed by atoms with van der Waals surface area (Å²) in [5.41, 5.74) is 3.10. The number of hydrogen-bond acceptors (Lipinski definition) is 5. The van der Waals surface area contributed by atoms with Gasteiger partial charge in [0.2, 0.25) is 0 Å². The van der Waals surface area contributed by atoms with Gasteiger partial charge in [-0.3, -0.25) is 4.79 Å². The number of nitrogens with one attached hydrogen (secondary N) is 1. The number of halogens is 1. The van der Waals surface area contributed by atoms with Crippen molar-refractivity contribution in [3.8, 4) is 0 Å². The third kappa shape index (κ3) is 4.27. The van der Waals surface area contributed by atoms with Crippen LogP contribution in [0.15, 0.2) is 10.6 Å². The fraction of sp³-hybridized carbons (Fsp3) is 0.650. The Bertz CT molecular complexity index is 838. The van der Waals surface area contributed by atoms with Crippen molar-refractivity contribution in [1.29, 1.82) is 0 Å². The molecule has 7 heteroatoms. The van der Waals surface area contributed by atoms with E-state index < -0.39 is 0 Å². The Morgan fingerprint density at radius 3 is 2.74 bits per heavy atom. The summed E-state index contributed by atoms with van der Waals surface area (Å²) in [6.45, 7) is 10.9. The molecule has 6 nitrogen and oxygen atoms in total. The molecule has 1 saturated carbocycles. The highest BCUT2D eigenvalue weighted by molar-refractivity contribution is 6.06. The zero-order chi connectivity index (χ0) is 18.5. The van der Waals surface area contributed by atoms with Crippen molar-refractivity contribution >= 4 is 29.4 Å². The molecule has 1 atom stereocenters. The molecule has 0 spiro atoms. The number of fused-ring (bicyclic) bond motifs is 1. The minimum atomic E-state index is 0. The molecule has 2 fully saturated rings. The Morgan fingerprint density at radius 1 is 1.37 bits per heavy atom. The van der Waals surface area contributed by atoms with Crippen LogP contribution in [0, 0.1) is 5.41 Å². The zero-order valence-corrected chi connectivity index (χ0v) is 17.4. The lowest BCUT2D eigenvalue weighted by molar-refractivity contribution is 0.0710. The number of piperazine rings is 1. The van der Waals surface area contributed by atoms with Crippen LogP contribution in [0.25, 0.3) is 11.1 Å². The van der Waals surface area contributed by atoms with E-state index in [1.165, 1.54) is 0 Å². The summed E-state index contributed by atoms with van der Waals surface area (Å²) in [5, 5.41) is 8.49. The predicted molar refractivity (Wildman–Crippen MR) is 108 cm³/mol. The average Bonchev–Trinajstić information content (AvgIpc) is 3.35. The number of aromatic nitrogens is 2. The van der Waals surface area contributed by atoms with Gasteiger partial charge in [-0.2, -0.15) is 0 Å². The minimum absolute atomic E-state index is 0. The Morgan fingerprint density at radius 2 is 2.11 bits per heavy atom. The molecule has 1 N–H and O–H groups in total. The highest BCUT2D eigenvalue weighted by Gasteiger charge is 2.32. The van der Waals surface area contributed by atoms with Gasteiger partial charge in [-0.1, -0.05) is 25.9 Å². The maximum atomic E-state index is 13.4. The number of nitrogens with zero attached hydrogens (tertiary/aromatic N) is 3. The van der Waals surface area contributed by atoms with Crippen LogP contribution in [-0.2, 0) is 6.42 Å². The van der Waals surface area contributed by atoms with Crippen molar-refractivity contribution < 1.29 is 9.32 Å². The molecule has 3 heterocycles. The van der Waals surface area contributed by atoms with E-state index in [1.807, 2.05) is 11.0 Å².